The molecule has 0 spiro atoms. The predicted octanol–water partition coefficient (Wildman–Crippen LogP) is 2.32. The first-order valence-electron chi connectivity index (χ1n) is 8.47. The number of rotatable bonds is 5. The van der Waals surface area contributed by atoms with E-state index in [1.54, 1.807) is 49.7 Å². The molecule has 4 rings (SSSR count). The quantitative estimate of drug-likeness (QED) is 0.663. The minimum Gasteiger partial charge on any atom is -0.497 e. The van der Waals surface area contributed by atoms with Crippen molar-refractivity contribution in [3.05, 3.63) is 54.5 Å². The molecule has 1 atom stereocenters. The molecule has 9 heteroatoms. The molecule has 27 heavy (non-hydrogen) atoms. The molecule has 0 N–H and O–H groups in total. The standard InChI is InChI=1S/C18H18N4O4S/c1-25-14-5-7-15(8-6-14)27(23,24)22-11-9-13(12-22)17-20-18(26-21-17)16-4-2-3-10-19-16/h2-8,10,13H,9,11-12H2,1H3. The van der Waals surface area contributed by atoms with Crippen LogP contribution in [0, 0.1) is 0 Å². The molecule has 8 nitrogen and oxygen atoms in total. The molecule has 0 bridgehead atoms. The molecule has 2 aromatic heterocycles. The maximum absolute atomic E-state index is 12.8. The van der Waals surface area contributed by atoms with Gasteiger partial charge < -0.3 is 9.26 Å². The Labute approximate surface area is 156 Å². The van der Waals surface area contributed by atoms with Gasteiger partial charge in [0, 0.05) is 25.2 Å². The number of methoxy groups -OCH3 is 1. The number of ether oxygens (including phenoxy) is 1. The van der Waals surface area contributed by atoms with Crippen LogP contribution < -0.4 is 4.74 Å². The van der Waals surface area contributed by atoms with Crippen LogP contribution in [0.1, 0.15) is 18.2 Å². The predicted molar refractivity (Wildman–Crippen MR) is 96.6 cm³/mol. The largest absolute Gasteiger partial charge is 0.497 e. The average Bonchev–Trinajstić information content (AvgIpc) is 3.38. The minimum atomic E-state index is -3.57. The van der Waals surface area contributed by atoms with Gasteiger partial charge >= 0.3 is 0 Å². The van der Waals surface area contributed by atoms with Crippen LogP contribution in [0.5, 0.6) is 5.75 Å². The summed E-state index contributed by atoms with van der Waals surface area (Å²) in [7, 11) is -2.03. The fraction of sp³-hybridized carbons (Fsp3) is 0.278. The van der Waals surface area contributed by atoms with Crippen LogP contribution in [0.3, 0.4) is 0 Å². The van der Waals surface area contributed by atoms with Crippen molar-refractivity contribution >= 4 is 10.0 Å². The molecule has 0 aliphatic carbocycles. The van der Waals surface area contributed by atoms with Crippen molar-refractivity contribution in [2.75, 3.05) is 20.2 Å². The van der Waals surface area contributed by atoms with Crippen molar-refractivity contribution in [3.63, 3.8) is 0 Å². The van der Waals surface area contributed by atoms with Gasteiger partial charge in [-0.25, -0.2) is 8.42 Å². The van der Waals surface area contributed by atoms with E-state index in [-0.39, 0.29) is 10.8 Å². The lowest BCUT2D eigenvalue weighted by Crippen LogP contribution is -2.28. The lowest BCUT2D eigenvalue weighted by molar-refractivity contribution is 0.412. The number of pyridine rings is 1. The Morgan fingerprint density at radius 2 is 2.00 bits per heavy atom. The SMILES string of the molecule is COc1ccc(S(=O)(=O)N2CCC(c3noc(-c4ccccn4)n3)C2)cc1. The Kier molecular flexibility index (Phi) is 4.63. The second kappa shape index (κ2) is 7.09. The number of hydrogen-bond donors (Lipinski definition) is 0. The Morgan fingerprint density at radius 3 is 2.70 bits per heavy atom. The normalized spacial score (nSPS) is 17.9. The number of hydrogen-bond acceptors (Lipinski definition) is 7. The van der Waals surface area contributed by atoms with Gasteiger partial charge in [-0.05, 0) is 42.8 Å². The summed E-state index contributed by atoms with van der Waals surface area (Å²) in [6.45, 7) is 0.724. The topological polar surface area (TPSA) is 98.4 Å². The molecule has 1 aromatic carbocycles. The monoisotopic (exact) mass is 386 g/mol. The Balaban J connectivity index is 1.50. The van der Waals surface area contributed by atoms with E-state index in [1.165, 1.54) is 4.31 Å². The van der Waals surface area contributed by atoms with Crippen molar-refractivity contribution in [2.24, 2.45) is 0 Å². The van der Waals surface area contributed by atoms with Crippen LogP contribution in [0.2, 0.25) is 0 Å². The van der Waals surface area contributed by atoms with Crippen LogP contribution in [0.15, 0.2) is 58.1 Å². The zero-order valence-electron chi connectivity index (χ0n) is 14.6. The lowest BCUT2D eigenvalue weighted by atomic mass is 10.1. The molecule has 1 aliphatic heterocycles. The summed E-state index contributed by atoms with van der Waals surface area (Å²) in [4.78, 5) is 8.82. The van der Waals surface area contributed by atoms with Gasteiger partial charge in [-0.15, -0.1) is 0 Å². The number of sulfonamides is 1. The van der Waals surface area contributed by atoms with E-state index in [2.05, 4.69) is 15.1 Å². The second-order valence-corrected chi connectivity index (χ2v) is 8.13. The van der Waals surface area contributed by atoms with Crippen LogP contribution >= 0.6 is 0 Å². The molecule has 0 radical (unpaired) electrons. The third-order valence-electron chi connectivity index (χ3n) is 4.54. The van der Waals surface area contributed by atoms with Crippen LogP contribution in [-0.4, -0.2) is 48.0 Å². The third kappa shape index (κ3) is 3.43. The van der Waals surface area contributed by atoms with E-state index < -0.39 is 10.0 Å². The average molecular weight is 386 g/mol. The molecule has 1 unspecified atom stereocenters. The minimum absolute atomic E-state index is 0.112. The first kappa shape index (κ1) is 17.6. The van der Waals surface area contributed by atoms with Crippen LogP contribution in [0.4, 0.5) is 0 Å². The maximum atomic E-state index is 12.8. The fourth-order valence-electron chi connectivity index (χ4n) is 3.05. The molecule has 1 fully saturated rings. The van der Waals surface area contributed by atoms with E-state index >= 15 is 0 Å². The summed E-state index contributed by atoms with van der Waals surface area (Å²) < 4.78 is 37.5. The van der Waals surface area contributed by atoms with Gasteiger partial charge in [0.25, 0.3) is 5.89 Å². The summed E-state index contributed by atoms with van der Waals surface area (Å²) in [5.74, 6) is 1.34. The lowest BCUT2D eigenvalue weighted by Gasteiger charge is -2.16. The van der Waals surface area contributed by atoms with Crippen LogP contribution in [-0.2, 0) is 10.0 Å². The van der Waals surface area contributed by atoms with Gasteiger partial charge in [-0.2, -0.15) is 9.29 Å². The zero-order valence-corrected chi connectivity index (χ0v) is 15.5. The first-order chi connectivity index (χ1) is 13.1. The summed E-state index contributed by atoms with van der Waals surface area (Å²) in [6, 6.07) is 11.8. The summed E-state index contributed by atoms with van der Waals surface area (Å²) >= 11 is 0. The second-order valence-electron chi connectivity index (χ2n) is 6.20. The van der Waals surface area contributed by atoms with Gasteiger partial charge in [-0.3, -0.25) is 4.98 Å². The highest BCUT2D eigenvalue weighted by atomic mass is 32.2. The first-order valence-corrected chi connectivity index (χ1v) is 9.91. The molecular weight excluding hydrogens is 368 g/mol. The van der Waals surface area contributed by atoms with Gasteiger partial charge in [-0.1, -0.05) is 11.2 Å². The Bertz CT molecular complexity index is 1020. The van der Waals surface area contributed by atoms with Crippen molar-refractivity contribution in [1.29, 1.82) is 0 Å². The third-order valence-corrected chi connectivity index (χ3v) is 6.42. The van der Waals surface area contributed by atoms with Crippen molar-refractivity contribution in [2.45, 2.75) is 17.2 Å². The van der Waals surface area contributed by atoms with E-state index in [0.717, 1.165) is 0 Å². The van der Waals surface area contributed by atoms with E-state index in [9.17, 15) is 8.42 Å². The van der Waals surface area contributed by atoms with E-state index in [0.29, 0.717) is 42.7 Å². The van der Waals surface area contributed by atoms with Gasteiger partial charge in [0.2, 0.25) is 10.0 Å². The summed E-state index contributed by atoms with van der Waals surface area (Å²) in [6.07, 6.45) is 2.29. The number of benzene rings is 1. The van der Waals surface area contributed by atoms with Gasteiger partial charge in [0.05, 0.1) is 12.0 Å². The smallest absolute Gasteiger partial charge is 0.276 e. The zero-order chi connectivity index (χ0) is 18.9. The molecule has 3 heterocycles. The Hall–Kier alpha value is -2.78. The molecule has 1 aliphatic rings. The maximum Gasteiger partial charge on any atom is 0.276 e. The number of nitrogens with zero attached hydrogens (tertiary/aromatic N) is 4. The Morgan fingerprint density at radius 1 is 1.19 bits per heavy atom. The molecular formula is C18H18N4O4S. The van der Waals surface area contributed by atoms with Crippen LogP contribution in [0.25, 0.3) is 11.6 Å². The van der Waals surface area contributed by atoms with Crippen molar-refractivity contribution < 1.29 is 17.7 Å². The van der Waals surface area contributed by atoms with Crippen molar-refractivity contribution in [3.8, 4) is 17.3 Å². The summed E-state index contributed by atoms with van der Waals surface area (Å²) in [5.41, 5.74) is 0.594. The highest BCUT2D eigenvalue weighted by Crippen LogP contribution is 2.31. The molecule has 140 valence electrons. The molecule has 3 aromatic rings. The fourth-order valence-corrected chi connectivity index (χ4v) is 4.55. The number of aromatic nitrogens is 3. The molecule has 0 amide bonds. The van der Waals surface area contributed by atoms with Crippen molar-refractivity contribution in [1.82, 2.24) is 19.4 Å². The highest BCUT2D eigenvalue weighted by molar-refractivity contribution is 7.89. The summed E-state index contributed by atoms with van der Waals surface area (Å²) in [5, 5.41) is 4.02. The van der Waals surface area contributed by atoms with Gasteiger partial charge in [0.1, 0.15) is 11.4 Å². The molecule has 1 saturated heterocycles. The highest BCUT2D eigenvalue weighted by Gasteiger charge is 2.35. The van der Waals surface area contributed by atoms with E-state index in [4.69, 9.17) is 9.26 Å². The van der Waals surface area contributed by atoms with E-state index in [1.807, 2.05) is 6.07 Å². The molecule has 0 saturated carbocycles. The van der Waals surface area contributed by atoms with Gasteiger partial charge in [0.15, 0.2) is 5.82 Å².